The van der Waals surface area contributed by atoms with Gasteiger partial charge < -0.3 is 5.32 Å². The van der Waals surface area contributed by atoms with Crippen LogP contribution in [0.4, 0.5) is 0 Å². The van der Waals surface area contributed by atoms with Gasteiger partial charge in [0.15, 0.2) is 0 Å². The van der Waals surface area contributed by atoms with E-state index in [1.165, 1.54) is 38.5 Å². The predicted molar refractivity (Wildman–Crippen MR) is 86.8 cm³/mol. The molecule has 4 heteroatoms. The third-order valence-electron chi connectivity index (χ3n) is 4.47. The fourth-order valence-corrected chi connectivity index (χ4v) is 4.07. The van der Waals surface area contributed by atoms with Gasteiger partial charge in [0.25, 0.3) is 0 Å². The first-order chi connectivity index (χ1) is 9.57. The SMILES string of the molecule is CCCNC(CCCS(=O)(=O)CC)CC1CCCCC1. The molecule has 0 saturated heterocycles. The molecule has 0 amide bonds. The minimum absolute atomic E-state index is 0.280. The lowest BCUT2D eigenvalue weighted by molar-refractivity contribution is 0.290. The second kappa shape index (κ2) is 9.78. The van der Waals surface area contributed by atoms with Gasteiger partial charge in [-0.1, -0.05) is 46.0 Å². The fraction of sp³-hybridized carbons (Fsp3) is 1.00. The summed E-state index contributed by atoms with van der Waals surface area (Å²) in [5.41, 5.74) is 0. The van der Waals surface area contributed by atoms with Gasteiger partial charge in [-0.3, -0.25) is 0 Å². The third kappa shape index (κ3) is 7.63. The average Bonchev–Trinajstić information content (AvgIpc) is 2.45. The van der Waals surface area contributed by atoms with Crippen LogP contribution in [0.1, 0.15) is 71.6 Å². The van der Waals surface area contributed by atoms with Crippen molar-refractivity contribution < 1.29 is 8.42 Å². The van der Waals surface area contributed by atoms with E-state index in [9.17, 15) is 8.42 Å². The van der Waals surface area contributed by atoms with Gasteiger partial charge in [0.05, 0.1) is 5.75 Å². The molecule has 120 valence electrons. The standard InChI is InChI=1S/C16H33NO2S/c1-3-12-17-16(11-8-13-20(18,19)4-2)14-15-9-6-5-7-10-15/h15-17H,3-14H2,1-2H3. The molecule has 0 aromatic carbocycles. The molecule has 1 aliphatic carbocycles. The van der Waals surface area contributed by atoms with Crippen LogP contribution in [0.5, 0.6) is 0 Å². The first kappa shape index (κ1) is 18.0. The van der Waals surface area contributed by atoms with Crippen LogP contribution in [0.25, 0.3) is 0 Å². The molecule has 1 saturated carbocycles. The second-order valence-electron chi connectivity index (χ2n) is 6.27. The molecule has 1 rings (SSSR count). The molecule has 0 radical (unpaired) electrons. The van der Waals surface area contributed by atoms with Crippen LogP contribution in [-0.4, -0.2) is 32.5 Å². The molecule has 0 aromatic heterocycles. The van der Waals surface area contributed by atoms with Crippen molar-refractivity contribution in [3.8, 4) is 0 Å². The maximum absolute atomic E-state index is 11.6. The van der Waals surface area contributed by atoms with Gasteiger partial charge in [-0.2, -0.15) is 0 Å². The van der Waals surface area contributed by atoms with Gasteiger partial charge in [0, 0.05) is 11.8 Å². The Bertz CT molecular complexity index is 334. The van der Waals surface area contributed by atoms with Crippen LogP contribution in [-0.2, 0) is 9.84 Å². The van der Waals surface area contributed by atoms with Gasteiger partial charge in [0.1, 0.15) is 9.84 Å². The van der Waals surface area contributed by atoms with E-state index >= 15 is 0 Å². The van der Waals surface area contributed by atoms with E-state index in [1.807, 2.05) is 0 Å². The zero-order chi connectivity index (χ0) is 14.8. The molecule has 1 N–H and O–H groups in total. The Labute approximate surface area is 125 Å². The highest BCUT2D eigenvalue weighted by atomic mass is 32.2. The van der Waals surface area contributed by atoms with Gasteiger partial charge in [0.2, 0.25) is 0 Å². The van der Waals surface area contributed by atoms with E-state index < -0.39 is 9.84 Å². The number of rotatable bonds is 10. The Morgan fingerprint density at radius 2 is 1.85 bits per heavy atom. The Hall–Kier alpha value is -0.0900. The molecule has 1 atom stereocenters. The average molecular weight is 304 g/mol. The molecule has 0 spiro atoms. The van der Waals surface area contributed by atoms with Crippen molar-refractivity contribution in [1.82, 2.24) is 5.32 Å². The zero-order valence-electron chi connectivity index (χ0n) is 13.4. The smallest absolute Gasteiger partial charge is 0.150 e. The first-order valence-corrected chi connectivity index (χ1v) is 10.3. The zero-order valence-corrected chi connectivity index (χ0v) is 14.2. The van der Waals surface area contributed by atoms with E-state index in [2.05, 4.69) is 12.2 Å². The summed E-state index contributed by atoms with van der Waals surface area (Å²) >= 11 is 0. The summed E-state index contributed by atoms with van der Waals surface area (Å²) in [6.07, 6.45) is 11.1. The second-order valence-corrected chi connectivity index (χ2v) is 8.74. The summed E-state index contributed by atoms with van der Waals surface area (Å²) in [6, 6.07) is 0.519. The summed E-state index contributed by atoms with van der Waals surface area (Å²) in [5.74, 6) is 1.50. The van der Waals surface area contributed by atoms with Gasteiger partial charge in [-0.15, -0.1) is 0 Å². The summed E-state index contributed by atoms with van der Waals surface area (Å²) in [7, 11) is -2.80. The lowest BCUT2D eigenvalue weighted by atomic mass is 9.84. The van der Waals surface area contributed by atoms with Crippen molar-refractivity contribution in [3.05, 3.63) is 0 Å². The lowest BCUT2D eigenvalue weighted by Crippen LogP contribution is -2.33. The molecule has 0 aliphatic heterocycles. The van der Waals surface area contributed by atoms with E-state index in [1.54, 1.807) is 6.92 Å². The van der Waals surface area contributed by atoms with E-state index in [-0.39, 0.29) is 5.75 Å². The summed E-state index contributed by atoms with van der Waals surface area (Å²) in [4.78, 5) is 0. The van der Waals surface area contributed by atoms with Crippen LogP contribution in [0, 0.1) is 5.92 Å². The largest absolute Gasteiger partial charge is 0.314 e. The molecule has 0 heterocycles. The molecule has 1 fully saturated rings. The van der Waals surface area contributed by atoms with Crippen LogP contribution in [0.2, 0.25) is 0 Å². The Morgan fingerprint density at radius 3 is 2.45 bits per heavy atom. The molecular weight excluding hydrogens is 270 g/mol. The Kier molecular flexibility index (Phi) is 8.78. The number of hydrogen-bond donors (Lipinski definition) is 1. The molecule has 0 bridgehead atoms. The predicted octanol–water partition coefficient (Wildman–Crippen LogP) is 3.54. The van der Waals surface area contributed by atoms with Crippen molar-refractivity contribution >= 4 is 9.84 Å². The minimum atomic E-state index is -2.80. The minimum Gasteiger partial charge on any atom is -0.314 e. The topological polar surface area (TPSA) is 46.2 Å². The van der Waals surface area contributed by atoms with Crippen LogP contribution < -0.4 is 5.32 Å². The maximum Gasteiger partial charge on any atom is 0.150 e. The number of nitrogens with one attached hydrogen (secondary N) is 1. The number of hydrogen-bond acceptors (Lipinski definition) is 3. The molecule has 3 nitrogen and oxygen atoms in total. The van der Waals surface area contributed by atoms with Gasteiger partial charge in [-0.25, -0.2) is 8.42 Å². The van der Waals surface area contributed by atoms with Crippen molar-refractivity contribution in [1.29, 1.82) is 0 Å². The molecule has 1 unspecified atom stereocenters. The highest BCUT2D eigenvalue weighted by molar-refractivity contribution is 7.91. The summed E-state index contributed by atoms with van der Waals surface area (Å²) in [5, 5.41) is 3.63. The Morgan fingerprint density at radius 1 is 1.15 bits per heavy atom. The van der Waals surface area contributed by atoms with E-state index in [0.29, 0.717) is 11.8 Å². The van der Waals surface area contributed by atoms with Crippen LogP contribution >= 0.6 is 0 Å². The number of sulfone groups is 1. The summed E-state index contributed by atoms with van der Waals surface area (Å²) in [6.45, 7) is 4.98. The van der Waals surface area contributed by atoms with Crippen molar-refractivity contribution in [2.24, 2.45) is 5.92 Å². The Balaban J connectivity index is 2.34. The molecule has 0 aromatic rings. The normalized spacial score (nSPS) is 19.1. The van der Waals surface area contributed by atoms with Crippen molar-refractivity contribution in [2.75, 3.05) is 18.1 Å². The van der Waals surface area contributed by atoms with Gasteiger partial charge in [-0.05, 0) is 38.1 Å². The first-order valence-electron chi connectivity index (χ1n) is 8.51. The highest BCUT2D eigenvalue weighted by Crippen LogP contribution is 2.28. The van der Waals surface area contributed by atoms with Crippen molar-refractivity contribution in [2.45, 2.75) is 77.7 Å². The highest BCUT2D eigenvalue weighted by Gasteiger charge is 2.19. The quantitative estimate of drug-likeness (QED) is 0.671. The monoisotopic (exact) mass is 303 g/mol. The maximum atomic E-state index is 11.6. The molecule has 20 heavy (non-hydrogen) atoms. The lowest BCUT2D eigenvalue weighted by Gasteiger charge is -2.27. The van der Waals surface area contributed by atoms with E-state index in [0.717, 1.165) is 31.7 Å². The summed E-state index contributed by atoms with van der Waals surface area (Å²) < 4.78 is 23.1. The fourth-order valence-electron chi connectivity index (χ4n) is 3.17. The third-order valence-corrected chi connectivity index (χ3v) is 6.26. The van der Waals surface area contributed by atoms with Crippen LogP contribution in [0.3, 0.4) is 0 Å². The van der Waals surface area contributed by atoms with Gasteiger partial charge >= 0.3 is 0 Å². The van der Waals surface area contributed by atoms with E-state index in [4.69, 9.17) is 0 Å². The van der Waals surface area contributed by atoms with Crippen LogP contribution in [0.15, 0.2) is 0 Å². The van der Waals surface area contributed by atoms with Crippen molar-refractivity contribution in [3.63, 3.8) is 0 Å². The molecule has 1 aliphatic rings. The molecular formula is C16H33NO2S.